The quantitative estimate of drug-likeness (QED) is 0.170. The van der Waals surface area contributed by atoms with Gasteiger partial charge in [0.2, 0.25) is 0 Å². The molecule has 0 aliphatic rings. The molecule has 0 saturated carbocycles. The van der Waals surface area contributed by atoms with Crippen molar-refractivity contribution in [2.45, 2.75) is 38.5 Å². The van der Waals surface area contributed by atoms with Gasteiger partial charge in [-0.05, 0) is 79.3 Å². The Kier molecular flexibility index (Phi) is 35.9. The summed E-state index contributed by atoms with van der Waals surface area (Å²) in [6, 6.07) is 17.4. The van der Waals surface area contributed by atoms with E-state index < -0.39 is 0 Å². The number of ether oxygens (including phenoxy) is 1. The van der Waals surface area contributed by atoms with Crippen LogP contribution in [0.1, 0.15) is 36.8 Å². The summed E-state index contributed by atoms with van der Waals surface area (Å²) in [5.41, 5.74) is 13.9. The van der Waals surface area contributed by atoms with Gasteiger partial charge in [0, 0.05) is 245 Å². The first-order valence-corrected chi connectivity index (χ1v) is 43.4. The van der Waals surface area contributed by atoms with Crippen molar-refractivity contribution in [3.05, 3.63) is 103 Å². The summed E-state index contributed by atoms with van der Waals surface area (Å²) in [5.74, 6) is 0.0451. The minimum absolute atomic E-state index is 0.106. The monoisotopic (exact) mass is 1260 g/mol. The largest absolute Gasteiger partial charge is 0.399 e. The molecule has 0 fully saturated rings. The van der Waals surface area contributed by atoms with Crippen LogP contribution in [0.5, 0.6) is 0 Å². The Morgan fingerprint density at radius 1 is 0.500 bits per heavy atom. The molecule has 3 N–H and O–H groups in total. The molecule has 356 valence electrons. The molecule has 11 nitrogen and oxygen atoms in total. The molecule has 0 unspecified atom stereocenters. The zero-order valence-corrected chi connectivity index (χ0v) is 50.2. The average molecular weight is 1260 g/mol. The van der Waals surface area contributed by atoms with Crippen LogP contribution in [0.4, 0.5) is 5.69 Å². The normalized spacial score (nSPS) is 9.61. The van der Waals surface area contributed by atoms with Gasteiger partial charge in [-0.1, -0.05) is 12.1 Å². The van der Waals surface area contributed by atoms with Crippen LogP contribution < -0.4 is 5.73 Å². The van der Waals surface area contributed by atoms with E-state index in [0.717, 1.165) is 70.0 Å². The number of hydrogen-bond acceptors (Lipinski definition) is 13. The molecule has 3 heterocycles. The van der Waals surface area contributed by atoms with Crippen molar-refractivity contribution in [2.24, 2.45) is 0 Å². The summed E-state index contributed by atoms with van der Waals surface area (Å²) < 4.78 is 4.80. The number of aryl methyl sites for hydroxylation is 2. The lowest BCUT2D eigenvalue weighted by Crippen LogP contribution is -2.06. The molecular weight excluding hydrogens is 1220 g/mol. The van der Waals surface area contributed by atoms with Crippen LogP contribution >= 0.6 is 0 Å². The number of aliphatic hydroxyl groups excluding tert-OH is 1. The van der Waals surface area contributed by atoms with Crippen LogP contribution in [0.25, 0.3) is 33.1 Å². The number of rotatable bonds is 11. The number of carbonyl (C=O) groups is 2. The highest BCUT2D eigenvalue weighted by atomic mass is 33.5. The Bertz CT molecular complexity index is 3330. The van der Waals surface area contributed by atoms with E-state index in [1.807, 2.05) is 54.6 Å². The van der Waals surface area contributed by atoms with Gasteiger partial charge in [0.15, 0.2) is 11.6 Å². The first kappa shape index (κ1) is 59.4. The van der Waals surface area contributed by atoms with E-state index in [0.29, 0.717) is 12.8 Å². The lowest BCUT2D eigenvalue weighted by Gasteiger charge is -2.03. The fraction of sp³-hybridized carbons (Fsp3) is 0.257. The molecule has 6 aromatic rings. The molecule has 0 amide bonds. The van der Waals surface area contributed by atoms with E-state index in [1.54, 1.807) is 186 Å². The molecule has 0 radical (unpaired) electrons. The number of aliphatic hydroxyl groups is 1. The topological polar surface area (TPSA) is 167 Å². The number of carbonyl (C=O) groups excluding carboxylic acids is 2. The van der Waals surface area contributed by atoms with Crippen molar-refractivity contribution < 1.29 is 19.4 Å². The highest BCUT2D eigenvalue weighted by molar-refractivity contribution is 8.78. The second-order valence-electron chi connectivity index (χ2n) is 11.7. The molecule has 0 aliphatic heterocycles. The third-order valence-corrected chi connectivity index (χ3v) is 45.1. The Morgan fingerprint density at radius 3 is 1.20 bits per heavy atom. The van der Waals surface area contributed by atoms with Gasteiger partial charge in [0.25, 0.3) is 0 Å². The number of benzene rings is 3. The van der Waals surface area contributed by atoms with E-state index in [1.165, 1.54) is 23.3 Å². The van der Waals surface area contributed by atoms with Crippen molar-refractivity contribution in [3.63, 3.8) is 0 Å². The maximum Gasteiger partial charge on any atom is 0.158 e. The van der Waals surface area contributed by atoms with Gasteiger partial charge in [0.1, 0.15) is 13.2 Å². The maximum absolute atomic E-state index is 11.3. The summed E-state index contributed by atoms with van der Waals surface area (Å²) in [6.07, 6.45) is 14.3. The molecule has 0 bridgehead atoms. The summed E-state index contributed by atoms with van der Waals surface area (Å²) in [4.78, 5) is 47.4. The third-order valence-electron chi connectivity index (χ3n) is 7.36. The second kappa shape index (κ2) is 39.8. The van der Waals surface area contributed by atoms with Crippen LogP contribution in [0.2, 0.25) is 0 Å². The number of Topliss-reactive ketones (excluding diaryl/α,β-unsaturated/α-hetero) is 2. The van der Waals surface area contributed by atoms with Crippen LogP contribution in [-0.2, 0) is 209 Å². The lowest BCUT2D eigenvalue weighted by atomic mass is 10.1. The molecule has 0 atom stereocenters. The van der Waals surface area contributed by atoms with Crippen LogP contribution in [0.15, 0.2) is 91.8 Å². The first-order chi connectivity index (χ1) is 32.4. The van der Waals surface area contributed by atoms with E-state index >= 15 is 0 Å². The fourth-order valence-electron chi connectivity index (χ4n) is 4.78. The second-order valence-corrected chi connectivity index (χ2v) is 43.5. The lowest BCUT2D eigenvalue weighted by molar-refractivity contribution is -0.123. The minimum Gasteiger partial charge on any atom is -0.399 e. The zero-order chi connectivity index (χ0) is 47.3. The minimum atomic E-state index is -0.358. The molecule has 66 heavy (non-hydrogen) atoms. The number of ketones is 2. The SMILES string of the molecule is COCC(=O)CCCc1ccc2nccnc2c1.Nc1ccc2nccnc2c1.O=C(CO)CCCc1ccc2nccnc2c1.S=S=S=S=S=S=S=S=S=S=S=S=S=S=S=S=S=S=S=S. The number of nitrogens with zero attached hydrogens (tertiary/aromatic N) is 6. The number of anilines is 1. The number of aromatic nitrogens is 6. The summed E-state index contributed by atoms with van der Waals surface area (Å²) in [7, 11) is 32.4. The van der Waals surface area contributed by atoms with E-state index in [-0.39, 0.29) is 24.8 Å². The molecule has 0 saturated heterocycles. The first-order valence-electron chi connectivity index (χ1n) is 18.1. The predicted molar refractivity (Wildman–Crippen MR) is 325 cm³/mol. The van der Waals surface area contributed by atoms with Crippen molar-refractivity contribution in [2.75, 3.05) is 26.1 Å². The molecule has 3 aromatic carbocycles. The fourth-order valence-corrected chi connectivity index (χ4v) is 48.7. The van der Waals surface area contributed by atoms with Crippen LogP contribution in [0, 0.1) is 0 Å². The Hall–Kier alpha value is -0.860. The number of methoxy groups -OCH3 is 1. The summed E-state index contributed by atoms with van der Waals surface area (Å²) >= 11 is 9.51. The highest BCUT2D eigenvalue weighted by Gasteiger charge is 2.04. The number of nitrogen functional groups attached to an aromatic ring is 1. The van der Waals surface area contributed by atoms with E-state index in [2.05, 4.69) is 29.9 Å². The van der Waals surface area contributed by atoms with E-state index in [4.69, 9.17) is 38.0 Å². The number of nitrogens with two attached hydrogens (primary N) is 1. The van der Waals surface area contributed by atoms with Crippen molar-refractivity contribution in [1.82, 2.24) is 29.9 Å². The van der Waals surface area contributed by atoms with Gasteiger partial charge < -0.3 is 15.6 Å². The average Bonchev–Trinajstić information content (AvgIpc) is 3.34. The molecule has 0 aliphatic carbocycles. The molecule has 6 rings (SSSR count). The van der Waals surface area contributed by atoms with Gasteiger partial charge in [0.05, 0.1) is 33.1 Å². The van der Waals surface area contributed by atoms with Gasteiger partial charge in [-0.15, -0.1) is 0 Å². The Morgan fingerprint density at radius 2 is 0.833 bits per heavy atom. The molecular formula is C35H37N7O4S20. The van der Waals surface area contributed by atoms with Gasteiger partial charge in [-0.25, -0.2) is 0 Å². The standard InChI is InChI=1S/C14H16N2O2.C13H14N2O2.C8H7N3.S20/c1-18-10-12(17)4-2-3-11-5-6-13-14(9-11)16-8-7-15-13;16-9-11(17)3-1-2-10-4-5-12-13(8-10)15-7-6-14-12;9-6-1-2-7-8(5-6)11-4-3-10-7;1-3-5-7-9-11-13-15-17-19-20-18-16-14-12-10-8-6-4-2/h5-9H,2-4,10H2,1H3;4-8,16H,1-3,9H2;1-5H,9H2;. The smallest absolute Gasteiger partial charge is 0.158 e. The third kappa shape index (κ3) is 28.1. The number of hydrogen-bond donors (Lipinski definition) is 2. The van der Waals surface area contributed by atoms with E-state index in [9.17, 15) is 9.59 Å². The number of fused-ring (bicyclic) bond motifs is 3. The van der Waals surface area contributed by atoms with Crippen LogP contribution in [0.3, 0.4) is 0 Å². The van der Waals surface area contributed by atoms with Gasteiger partial charge in [-0.2, -0.15) is 0 Å². The van der Waals surface area contributed by atoms with Crippen molar-refractivity contribution in [3.8, 4) is 0 Å². The maximum atomic E-state index is 11.3. The summed E-state index contributed by atoms with van der Waals surface area (Å²) in [5, 5.41) is 8.61. The van der Waals surface area contributed by atoms with Crippen molar-refractivity contribution >= 4 is 233 Å². The van der Waals surface area contributed by atoms with Gasteiger partial charge in [-0.3, -0.25) is 39.5 Å². The molecule has 3 aromatic heterocycles. The predicted octanol–water partition coefficient (Wildman–Crippen LogP) is 4.85. The van der Waals surface area contributed by atoms with Gasteiger partial charge >= 0.3 is 0 Å². The van der Waals surface area contributed by atoms with Crippen LogP contribution in [-0.4, -0.2) is 66.9 Å². The Labute approximate surface area is 443 Å². The zero-order valence-electron chi connectivity index (χ0n) is 33.9. The molecule has 0 spiro atoms. The Balaban J connectivity index is 0.000000237. The molecule has 31 heteroatoms. The summed E-state index contributed by atoms with van der Waals surface area (Å²) in [6.45, 7) is -0.146. The highest BCUT2D eigenvalue weighted by Crippen LogP contribution is 2.15. The van der Waals surface area contributed by atoms with Crippen molar-refractivity contribution in [1.29, 1.82) is 0 Å².